The molecule has 198 valence electrons. The molecule has 0 aliphatic rings. The van der Waals surface area contributed by atoms with Crippen molar-refractivity contribution in [2.75, 3.05) is 0 Å². The minimum Gasteiger partial charge on any atom is -0.508 e. The highest BCUT2D eigenvalue weighted by atomic mass is 16.6. The molecule has 0 aliphatic heterocycles. The summed E-state index contributed by atoms with van der Waals surface area (Å²) >= 11 is 0. The van der Waals surface area contributed by atoms with E-state index in [1.54, 1.807) is 74.4 Å². The van der Waals surface area contributed by atoms with Gasteiger partial charge in [-0.25, -0.2) is 9.59 Å². The fourth-order valence-corrected chi connectivity index (χ4v) is 3.25. The normalized spacial score (nSPS) is 14.0. The predicted octanol–water partition coefficient (Wildman–Crippen LogP) is 5.30. The lowest BCUT2D eigenvalue weighted by Crippen LogP contribution is -2.47. The Kier molecular flexibility index (Phi) is 10.6. The Hall–Kier alpha value is -2.77. The van der Waals surface area contributed by atoms with E-state index in [9.17, 15) is 19.5 Å². The Morgan fingerprint density at radius 2 is 1.29 bits per heavy atom. The number of phenols is 1. The van der Waals surface area contributed by atoms with Gasteiger partial charge in [0.2, 0.25) is 0 Å². The molecule has 0 fully saturated rings. The van der Waals surface area contributed by atoms with Gasteiger partial charge in [-0.1, -0.05) is 12.1 Å². The zero-order valence-corrected chi connectivity index (χ0v) is 22.7. The molecule has 35 heavy (non-hydrogen) atoms. The second-order valence-corrected chi connectivity index (χ2v) is 11.8. The Labute approximate surface area is 209 Å². The summed E-state index contributed by atoms with van der Waals surface area (Å²) in [5.41, 5.74) is -1.21. The van der Waals surface area contributed by atoms with Crippen LogP contribution in [0.5, 0.6) is 5.75 Å². The number of aryl methyl sites for hydroxylation is 1. The molecule has 1 amide bonds. The molecular formula is C27H43NO7. The van der Waals surface area contributed by atoms with E-state index in [2.05, 4.69) is 5.32 Å². The van der Waals surface area contributed by atoms with E-state index in [0.717, 1.165) is 5.56 Å². The van der Waals surface area contributed by atoms with Crippen molar-refractivity contribution in [1.29, 1.82) is 0 Å². The molecule has 0 saturated heterocycles. The van der Waals surface area contributed by atoms with Crippen LogP contribution in [0.3, 0.4) is 0 Å². The standard InChI is InChI=1S/C27H43NO7/c1-25(2,3)33-22(30)19(12-10-11-18-13-15-20(29)16-14-18)17-21(23(31)34-26(4,5)6)28-24(32)35-27(7,8)9/h13-16,19,21,29H,10-12,17H2,1-9H3,(H,28,32). The first-order chi connectivity index (χ1) is 15.8. The number of esters is 2. The fourth-order valence-electron chi connectivity index (χ4n) is 3.25. The number of carbonyl (C=O) groups is 3. The Bertz CT molecular complexity index is 842. The van der Waals surface area contributed by atoms with Gasteiger partial charge in [-0.15, -0.1) is 0 Å². The zero-order valence-electron chi connectivity index (χ0n) is 22.7. The van der Waals surface area contributed by atoms with E-state index >= 15 is 0 Å². The number of benzene rings is 1. The first-order valence-corrected chi connectivity index (χ1v) is 12.1. The van der Waals surface area contributed by atoms with E-state index in [1.807, 2.05) is 12.1 Å². The summed E-state index contributed by atoms with van der Waals surface area (Å²) < 4.78 is 16.5. The van der Waals surface area contributed by atoms with E-state index in [-0.39, 0.29) is 12.2 Å². The van der Waals surface area contributed by atoms with Crippen LogP contribution in [-0.2, 0) is 30.2 Å². The molecule has 0 radical (unpaired) electrons. The van der Waals surface area contributed by atoms with E-state index in [4.69, 9.17) is 14.2 Å². The van der Waals surface area contributed by atoms with E-state index in [0.29, 0.717) is 19.3 Å². The first-order valence-electron chi connectivity index (χ1n) is 12.1. The van der Waals surface area contributed by atoms with Crippen molar-refractivity contribution >= 4 is 18.0 Å². The number of rotatable bonds is 9. The van der Waals surface area contributed by atoms with Crippen LogP contribution in [0.1, 0.15) is 87.1 Å². The minimum atomic E-state index is -1.09. The van der Waals surface area contributed by atoms with Crippen molar-refractivity contribution in [2.45, 2.75) is 111 Å². The third-order valence-electron chi connectivity index (χ3n) is 4.60. The van der Waals surface area contributed by atoms with Crippen LogP contribution in [0.4, 0.5) is 4.79 Å². The Balaban J connectivity index is 3.07. The molecule has 2 N–H and O–H groups in total. The maximum Gasteiger partial charge on any atom is 0.408 e. The molecule has 8 nitrogen and oxygen atoms in total. The third kappa shape index (κ3) is 13.6. The van der Waals surface area contributed by atoms with Crippen LogP contribution < -0.4 is 5.32 Å². The van der Waals surface area contributed by atoms with Crippen molar-refractivity contribution < 1.29 is 33.7 Å². The van der Waals surface area contributed by atoms with Gasteiger partial charge in [-0.3, -0.25) is 4.79 Å². The number of carbonyl (C=O) groups excluding carboxylic acids is 3. The molecule has 0 aromatic heterocycles. The molecule has 8 heteroatoms. The summed E-state index contributed by atoms with van der Waals surface area (Å²) in [5, 5.41) is 12.1. The largest absolute Gasteiger partial charge is 0.508 e. The van der Waals surface area contributed by atoms with Gasteiger partial charge in [0.25, 0.3) is 0 Å². The molecule has 2 unspecified atom stereocenters. The highest BCUT2D eigenvalue weighted by molar-refractivity contribution is 5.83. The van der Waals surface area contributed by atoms with Crippen molar-refractivity contribution in [2.24, 2.45) is 5.92 Å². The smallest absolute Gasteiger partial charge is 0.408 e. The maximum atomic E-state index is 13.1. The molecule has 1 aromatic rings. The van der Waals surface area contributed by atoms with E-state index in [1.165, 1.54) is 0 Å². The molecule has 0 heterocycles. The topological polar surface area (TPSA) is 111 Å². The summed E-state index contributed by atoms with van der Waals surface area (Å²) in [6.07, 6.45) is 1.00. The van der Waals surface area contributed by atoms with Gasteiger partial charge < -0.3 is 24.6 Å². The Morgan fingerprint density at radius 1 is 0.800 bits per heavy atom. The van der Waals surface area contributed by atoms with Crippen LogP contribution >= 0.6 is 0 Å². The average Bonchev–Trinajstić information content (AvgIpc) is 2.63. The number of alkyl carbamates (subject to hydrolysis) is 1. The van der Waals surface area contributed by atoms with Crippen LogP contribution in [0.25, 0.3) is 0 Å². The molecule has 1 aromatic carbocycles. The molecule has 0 aliphatic carbocycles. The molecule has 0 spiro atoms. The average molecular weight is 494 g/mol. The number of amides is 1. The zero-order chi connectivity index (χ0) is 27.0. The maximum absolute atomic E-state index is 13.1. The van der Waals surface area contributed by atoms with E-state index < -0.39 is 46.8 Å². The molecule has 2 atom stereocenters. The molecule has 0 saturated carbocycles. The minimum absolute atomic E-state index is 0.0125. The predicted molar refractivity (Wildman–Crippen MR) is 134 cm³/mol. The van der Waals surface area contributed by atoms with Crippen LogP contribution in [0.15, 0.2) is 24.3 Å². The summed E-state index contributed by atoms with van der Waals surface area (Å²) in [4.78, 5) is 38.5. The lowest BCUT2D eigenvalue weighted by Gasteiger charge is -2.29. The van der Waals surface area contributed by atoms with Crippen molar-refractivity contribution in [3.05, 3.63) is 29.8 Å². The number of phenolic OH excluding ortho intramolecular Hbond substituents is 1. The van der Waals surface area contributed by atoms with Crippen LogP contribution in [0, 0.1) is 5.92 Å². The van der Waals surface area contributed by atoms with Crippen molar-refractivity contribution in [3.8, 4) is 5.75 Å². The SMILES string of the molecule is CC(C)(C)OC(=O)NC(CC(CCCc1ccc(O)cc1)C(=O)OC(C)(C)C)C(=O)OC(C)(C)C. The third-order valence-corrected chi connectivity index (χ3v) is 4.60. The van der Waals surface area contributed by atoms with Gasteiger partial charge in [0.15, 0.2) is 0 Å². The first kappa shape index (κ1) is 30.3. The van der Waals surface area contributed by atoms with Gasteiger partial charge in [0.1, 0.15) is 28.6 Å². The summed E-state index contributed by atoms with van der Waals surface area (Å²) in [7, 11) is 0. The number of ether oxygens (including phenoxy) is 3. The van der Waals surface area contributed by atoms with Crippen molar-refractivity contribution in [3.63, 3.8) is 0 Å². The van der Waals surface area contributed by atoms with Crippen LogP contribution in [-0.4, -0.2) is 46.0 Å². The van der Waals surface area contributed by atoms with Gasteiger partial charge in [0, 0.05) is 0 Å². The lowest BCUT2D eigenvalue weighted by atomic mass is 9.92. The summed E-state index contributed by atoms with van der Waals surface area (Å²) in [5.74, 6) is -1.55. The Morgan fingerprint density at radius 3 is 1.77 bits per heavy atom. The van der Waals surface area contributed by atoms with Gasteiger partial charge in [-0.2, -0.15) is 0 Å². The quantitative estimate of drug-likeness (QED) is 0.355. The summed E-state index contributed by atoms with van der Waals surface area (Å²) in [6.45, 7) is 15.7. The van der Waals surface area contributed by atoms with Gasteiger partial charge in [0.05, 0.1) is 5.92 Å². The number of aromatic hydroxyl groups is 1. The highest BCUT2D eigenvalue weighted by Crippen LogP contribution is 2.23. The number of nitrogens with one attached hydrogen (secondary N) is 1. The second-order valence-electron chi connectivity index (χ2n) is 11.8. The molecular weight excluding hydrogens is 450 g/mol. The molecule has 0 bridgehead atoms. The van der Waals surface area contributed by atoms with Crippen molar-refractivity contribution in [1.82, 2.24) is 5.32 Å². The second kappa shape index (κ2) is 12.3. The summed E-state index contributed by atoms with van der Waals surface area (Å²) in [6, 6.07) is 5.79. The van der Waals surface area contributed by atoms with Gasteiger partial charge in [-0.05, 0) is 106 Å². The lowest BCUT2D eigenvalue weighted by molar-refractivity contribution is -0.163. The fraction of sp³-hybridized carbons (Fsp3) is 0.667. The number of hydrogen-bond acceptors (Lipinski definition) is 7. The molecule has 1 rings (SSSR count). The monoisotopic (exact) mass is 493 g/mol. The highest BCUT2D eigenvalue weighted by Gasteiger charge is 2.34. The van der Waals surface area contributed by atoms with Gasteiger partial charge >= 0.3 is 18.0 Å². The van der Waals surface area contributed by atoms with Crippen LogP contribution in [0.2, 0.25) is 0 Å². The number of hydrogen-bond donors (Lipinski definition) is 2.